The summed E-state index contributed by atoms with van der Waals surface area (Å²) in [6.07, 6.45) is 2.51. The fourth-order valence-corrected chi connectivity index (χ4v) is 6.24. The Morgan fingerprint density at radius 3 is 2.53 bits per heavy atom. The van der Waals surface area contributed by atoms with Gasteiger partial charge in [0, 0.05) is 25.1 Å². The van der Waals surface area contributed by atoms with Crippen molar-refractivity contribution in [3.8, 4) is 0 Å². The van der Waals surface area contributed by atoms with Crippen molar-refractivity contribution in [2.75, 3.05) is 18.4 Å². The van der Waals surface area contributed by atoms with Crippen molar-refractivity contribution in [1.82, 2.24) is 14.5 Å². The molecule has 1 saturated heterocycles. The molecule has 0 spiro atoms. The number of aryl methyl sites for hydroxylation is 1. The molecule has 164 valence electrons. The van der Waals surface area contributed by atoms with E-state index in [0.29, 0.717) is 41.2 Å². The molecule has 0 aliphatic carbocycles. The van der Waals surface area contributed by atoms with Gasteiger partial charge in [-0.15, -0.1) is 10.2 Å². The largest absolute Gasteiger partial charge is 0.296 e. The first kappa shape index (κ1) is 22.8. The Labute approximate surface area is 183 Å². The number of carbonyl (C=O) groups excluding carboxylic acids is 1. The second-order valence-corrected chi connectivity index (χ2v) is 11.5. The average Bonchev–Trinajstić information content (AvgIpc) is 3.09. The van der Waals surface area contributed by atoms with Gasteiger partial charge in [0.25, 0.3) is 5.91 Å². The average molecular weight is 451 g/mol. The molecule has 1 aliphatic rings. The third-order valence-corrected chi connectivity index (χ3v) is 8.40. The zero-order chi connectivity index (χ0) is 22.1. The van der Waals surface area contributed by atoms with Crippen LogP contribution in [0.5, 0.6) is 0 Å². The highest BCUT2D eigenvalue weighted by atomic mass is 32.2. The molecule has 9 heteroatoms. The van der Waals surface area contributed by atoms with Crippen LogP contribution in [0.1, 0.15) is 60.1 Å². The molecular weight excluding hydrogens is 420 g/mol. The highest BCUT2D eigenvalue weighted by Gasteiger charge is 2.30. The van der Waals surface area contributed by atoms with E-state index in [1.165, 1.54) is 17.4 Å². The number of hydrogen-bond acceptors (Lipinski definition) is 6. The summed E-state index contributed by atoms with van der Waals surface area (Å²) in [5, 5.41) is 12.2. The van der Waals surface area contributed by atoms with Crippen LogP contribution in [0.2, 0.25) is 0 Å². The maximum atomic E-state index is 13.3. The lowest BCUT2D eigenvalue weighted by Gasteiger charge is -2.30. The summed E-state index contributed by atoms with van der Waals surface area (Å²) in [5.74, 6) is 0.602. The summed E-state index contributed by atoms with van der Waals surface area (Å²) < 4.78 is 28.1. The minimum atomic E-state index is -3.65. The number of nitrogens with zero attached hydrogens (tertiary/aromatic N) is 3. The molecule has 0 atom stereocenters. The highest BCUT2D eigenvalue weighted by molar-refractivity contribution is 7.89. The molecular formula is C21H30N4O3S2. The van der Waals surface area contributed by atoms with Crippen LogP contribution in [0.3, 0.4) is 0 Å². The smallest absolute Gasteiger partial charge is 0.257 e. The Bertz CT molecular complexity index is 1020. The van der Waals surface area contributed by atoms with Gasteiger partial charge in [0.15, 0.2) is 0 Å². The first-order valence-electron chi connectivity index (χ1n) is 10.3. The number of nitrogens with one attached hydrogen (secondary N) is 1. The number of amides is 1. The third-order valence-electron chi connectivity index (χ3n) is 5.51. The normalized spacial score (nSPS) is 16.2. The maximum Gasteiger partial charge on any atom is 0.257 e. The van der Waals surface area contributed by atoms with E-state index in [2.05, 4.69) is 36.3 Å². The van der Waals surface area contributed by atoms with Gasteiger partial charge in [-0.1, -0.05) is 32.1 Å². The van der Waals surface area contributed by atoms with Crippen LogP contribution in [0, 0.1) is 25.7 Å². The predicted octanol–water partition coefficient (Wildman–Crippen LogP) is 4.03. The summed E-state index contributed by atoms with van der Waals surface area (Å²) in [4.78, 5) is 13.0. The minimum absolute atomic E-state index is 0.208. The van der Waals surface area contributed by atoms with Gasteiger partial charge in [-0.05, 0) is 61.8 Å². The first-order valence-corrected chi connectivity index (χ1v) is 12.6. The van der Waals surface area contributed by atoms with Gasteiger partial charge in [-0.25, -0.2) is 8.42 Å². The number of hydrogen-bond donors (Lipinski definition) is 1. The fraction of sp³-hybridized carbons (Fsp3) is 0.571. The van der Waals surface area contributed by atoms with Crippen molar-refractivity contribution in [2.45, 2.75) is 58.8 Å². The van der Waals surface area contributed by atoms with Crippen LogP contribution < -0.4 is 5.32 Å². The standard InChI is InChI=1S/C21H30N4O3S2/c1-13(2)10-19-23-24-21(29-19)22-20(26)17-11-15(4)16(5)18(12-17)30(27,28)25-8-6-14(3)7-9-25/h11-14H,6-10H2,1-5H3,(H,22,24,26). The maximum absolute atomic E-state index is 13.3. The molecule has 2 heterocycles. The first-order chi connectivity index (χ1) is 14.1. The van der Waals surface area contributed by atoms with Gasteiger partial charge < -0.3 is 0 Å². The lowest BCUT2D eigenvalue weighted by atomic mass is 10.0. The molecule has 1 fully saturated rings. The van der Waals surface area contributed by atoms with E-state index in [1.54, 1.807) is 17.3 Å². The predicted molar refractivity (Wildman–Crippen MR) is 119 cm³/mol. The van der Waals surface area contributed by atoms with E-state index in [-0.39, 0.29) is 10.8 Å². The van der Waals surface area contributed by atoms with E-state index in [0.717, 1.165) is 29.8 Å². The van der Waals surface area contributed by atoms with Crippen molar-refractivity contribution in [1.29, 1.82) is 0 Å². The molecule has 1 aromatic carbocycles. The molecule has 7 nitrogen and oxygen atoms in total. The fourth-order valence-electron chi connectivity index (χ4n) is 3.50. The SMILES string of the molecule is Cc1cc(C(=O)Nc2nnc(CC(C)C)s2)cc(S(=O)(=O)N2CCC(C)CC2)c1C. The summed E-state index contributed by atoms with van der Waals surface area (Å²) in [5.41, 5.74) is 1.76. The Balaban J connectivity index is 1.85. The Hall–Kier alpha value is -1.84. The molecule has 0 unspecified atom stereocenters. The quantitative estimate of drug-likeness (QED) is 0.717. The van der Waals surface area contributed by atoms with E-state index in [4.69, 9.17) is 0 Å². The molecule has 1 aliphatic heterocycles. The molecule has 1 amide bonds. The second kappa shape index (κ2) is 9.11. The third kappa shape index (κ3) is 5.07. The van der Waals surface area contributed by atoms with E-state index < -0.39 is 10.0 Å². The highest BCUT2D eigenvalue weighted by Crippen LogP contribution is 2.28. The topological polar surface area (TPSA) is 92.3 Å². The second-order valence-electron chi connectivity index (χ2n) is 8.56. The summed E-state index contributed by atoms with van der Waals surface area (Å²) in [7, 11) is -3.65. The molecule has 0 radical (unpaired) electrons. The van der Waals surface area contributed by atoms with Gasteiger partial charge in [0.1, 0.15) is 5.01 Å². The van der Waals surface area contributed by atoms with E-state index in [1.807, 2.05) is 6.92 Å². The lowest BCUT2D eigenvalue weighted by Crippen LogP contribution is -2.38. The molecule has 3 rings (SSSR count). The van der Waals surface area contributed by atoms with Crippen LogP contribution in [0.4, 0.5) is 5.13 Å². The van der Waals surface area contributed by atoms with Crippen molar-refractivity contribution in [2.24, 2.45) is 11.8 Å². The van der Waals surface area contributed by atoms with E-state index >= 15 is 0 Å². The van der Waals surface area contributed by atoms with Gasteiger partial charge in [0.2, 0.25) is 15.2 Å². The minimum Gasteiger partial charge on any atom is -0.296 e. The number of sulfonamides is 1. The van der Waals surface area contributed by atoms with Crippen LogP contribution in [-0.2, 0) is 16.4 Å². The number of rotatable bonds is 6. The lowest BCUT2D eigenvalue weighted by molar-refractivity contribution is 0.102. The van der Waals surface area contributed by atoms with Crippen LogP contribution >= 0.6 is 11.3 Å². The van der Waals surface area contributed by atoms with Crippen molar-refractivity contribution in [3.63, 3.8) is 0 Å². The summed E-state index contributed by atoms with van der Waals surface area (Å²) in [6.45, 7) is 11.0. The van der Waals surface area contributed by atoms with E-state index in [9.17, 15) is 13.2 Å². The van der Waals surface area contributed by atoms with Gasteiger partial charge in [-0.3, -0.25) is 10.1 Å². The molecule has 1 aromatic heterocycles. The molecule has 2 aromatic rings. The molecule has 0 saturated carbocycles. The monoisotopic (exact) mass is 450 g/mol. The zero-order valence-corrected chi connectivity index (χ0v) is 19.9. The zero-order valence-electron chi connectivity index (χ0n) is 18.2. The Kier molecular flexibility index (Phi) is 6.94. The number of carbonyl (C=O) groups is 1. The molecule has 0 bridgehead atoms. The molecule has 30 heavy (non-hydrogen) atoms. The van der Waals surface area contributed by atoms with Crippen molar-refractivity contribution < 1.29 is 13.2 Å². The number of piperidine rings is 1. The van der Waals surface area contributed by atoms with Gasteiger partial charge >= 0.3 is 0 Å². The van der Waals surface area contributed by atoms with Gasteiger partial charge in [0.05, 0.1) is 4.90 Å². The van der Waals surface area contributed by atoms with Crippen LogP contribution in [-0.4, -0.2) is 41.9 Å². The van der Waals surface area contributed by atoms with Crippen molar-refractivity contribution in [3.05, 3.63) is 33.8 Å². The van der Waals surface area contributed by atoms with Gasteiger partial charge in [-0.2, -0.15) is 4.31 Å². The number of benzene rings is 1. The number of anilines is 1. The summed E-state index contributed by atoms with van der Waals surface area (Å²) >= 11 is 1.34. The number of aromatic nitrogens is 2. The summed E-state index contributed by atoms with van der Waals surface area (Å²) in [6, 6.07) is 3.21. The molecule has 1 N–H and O–H groups in total. The van der Waals surface area contributed by atoms with Crippen molar-refractivity contribution >= 4 is 32.4 Å². The Morgan fingerprint density at radius 1 is 1.23 bits per heavy atom. The van der Waals surface area contributed by atoms with Crippen LogP contribution in [0.15, 0.2) is 17.0 Å². The van der Waals surface area contributed by atoms with Crippen LogP contribution in [0.25, 0.3) is 0 Å². The Morgan fingerprint density at radius 2 is 1.90 bits per heavy atom.